The number of benzene rings is 2. The molecule has 0 aliphatic heterocycles. The van der Waals surface area contributed by atoms with Gasteiger partial charge in [0.2, 0.25) is 0 Å². The standard InChI is InChI=1S/C18H16N4O4/c23-18(24)19-9-8-17-20-11-16(21-17)13-6-4-12(5-7-13)14-2-1-3-15(10-14)22(25)26/h1-7,10-11,19H,8-9H2,(H,20,21)(H,23,24). The average Bonchev–Trinajstić information content (AvgIpc) is 3.10. The van der Waals surface area contributed by atoms with Crippen molar-refractivity contribution in [2.24, 2.45) is 0 Å². The quantitative estimate of drug-likeness (QED) is 0.463. The first-order valence-corrected chi connectivity index (χ1v) is 7.89. The van der Waals surface area contributed by atoms with Crippen molar-refractivity contribution >= 4 is 11.8 Å². The molecule has 0 atom stereocenters. The van der Waals surface area contributed by atoms with E-state index < -0.39 is 11.0 Å². The number of non-ortho nitro benzene ring substituents is 1. The Labute approximate surface area is 148 Å². The molecule has 0 aliphatic carbocycles. The summed E-state index contributed by atoms with van der Waals surface area (Å²) >= 11 is 0. The number of amides is 1. The fourth-order valence-corrected chi connectivity index (χ4v) is 2.57. The molecule has 1 heterocycles. The van der Waals surface area contributed by atoms with Crippen molar-refractivity contribution in [3.05, 3.63) is 70.7 Å². The van der Waals surface area contributed by atoms with Gasteiger partial charge in [-0.2, -0.15) is 0 Å². The van der Waals surface area contributed by atoms with Crippen LogP contribution < -0.4 is 5.32 Å². The van der Waals surface area contributed by atoms with E-state index in [1.165, 1.54) is 6.07 Å². The van der Waals surface area contributed by atoms with E-state index in [4.69, 9.17) is 5.11 Å². The van der Waals surface area contributed by atoms with Crippen LogP contribution in [0.5, 0.6) is 0 Å². The SMILES string of the molecule is O=C(O)NCCc1ncc(-c2ccc(-c3cccc([N+](=O)[O-])c3)cc2)[nH]1. The van der Waals surface area contributed by atoms with Crippen LogP contribution in [0.2, 0.25) is 0 Å². The van der Waals surface area contributed by atoms with Gasteiger partial charge in [-0.1, -0.05) is 36.4 Å². The number of H-pyrrole nitrogens is 1. The van der Waals surface area contributed by atoms with Gasteiger partial charge in [-0.15, -0.1) is 0 Å². The molecule has 1 aromatic heterocycles. The monoisotopic (exact) mass is 352 g/mol. The fourth-order valence-electron chi connectivity index (χ4n) is 2.57. The third-order valence-corrected chi connectivity index (χ3v) is 3.85. The molecule has 3 aromatic rings. The molecule has 0 bridgehead atoms. The lowest BCUT2D eigenvalue weighted by molar-refractivity contribution is -0.384. The molecular weight excluding hydrogens is 336 g/mol. The van der Waals surface area contributed by atoms with Gasteiger partial charge in [0.15, 0.2) is 0 Å². The van der Waals surface area contributed by atoms with Crippen molar-refractivity contribution in [1.82, 2.24) is 15.3 Å². The lowest BCUT2D eigenvalue weighted by atomic mass is 10.0. The molecule has 0 fully saturated rings. The van der Waals surface area contributed by atoms with E-state index in [1.807, 2.05) is 30.3 Å². The Kier molecular flexibility index (Phi) is 4.93. The van der Waals surface area contributed by atoms with Gasteiger partial charge in [0.05, 0.1) is 16.8 Å². The van der Waals surface area contributed by atoms with Crippen molar-refractivity contribution in [1.29, 1.82) is 0 Å². The Morgan fingerprint density at radius 3 is 2.58 bits per heavy atom. The molecule has 3 rings (SSSR count). The summed E-state index contributed by atoms with van der Waals surface area (Å²) in [5.41, 5.74) is 3.45. The molecule has 132 valence electrons. The highest BCUT2D eigenvalue weighted by molar-refractivity contribution is 5.70. The van der Waals surface area contributed by atoms with Crippen LogP contribution in [0.25, 0.3) is 22.4 Å². The third-order valence-electron chi connectivity index (χ3n) is 3.85. The zero-order valence-electron chi connectivity index (χ0n) is 13.7. The zero-order valence-corrected chi connectivity index (χ0v) is 13.7. The predicted molar refractivity (Wildman–Crippen MR) is 95.8 cm³/mol. The maximum Gasteiger partial charge on any atom is 0.404 e. The highest BCUT2D eigenvalue weighted by Gasteiger charge is 2.08. The first-order chi connectivity index (χ1) is 12.5. The molecule has 8 nitrogen and oxygen atoms in total. The Hall–Kier alpha value is -3.68. The molecule has 2 aromatic carbocycles. The lowest BCUT2D eigenvalue weighted by Crippen LogP contribution is -2.23. The summed E-state index contributed by atoms with van der Waals surface area (Å²) in [5, 5.41) is 21.7. The summed E-state index contributed by atoms with van der Waals surface area (Å²) in [5.74, 6) is 0.691. The van der Waals surface area contributed by atoms with Crippen LogP contribution in [0, 0.1) is 10.1 Å². The smallest absolute Gasteiger partial charge is 0.404 e. The second-order valence-corrected chi connectivity index (χ2v) is 5.61. The number of carbonyl (C=O) groups is 1. The van der Waals surface area contributed by atoms with E-state index in [9.17, 15) is 14.9 Å². The van der Waals surface area contributed by atoms with E-state index in [0.717, 1.165) is 22.4 Å². The number of nitrogens with zero attached hydrogens (tertiary/aromatic N) is 2. The predicted octanol–water partition coefficient (Wildman–Crippen LogP) is 3.46. The Bertz CT molecular complexity index is 934. The van der Waals surface area contributed by atoms with Crippen LogP contribution in [-0.2, 0) is 6.42 Å². The number of aromatic nitrogens is 2. The number of hydrogen-bond acceptors (Lipinski definition) is 4. The minimum atomic E-state index is -1.06. The normalized spacial score (nSPS) is 10.5. The number of nitrogens with one attached hydrogen (secondary N) is 2. The second-order valence-electron chi connectivity index (χ2n) is 5.61. The number of nitro groups is 1. The van der Waals surface area contributed by atoms with Gasteiger partial charge < -0.3 is 15.4 Å². The van der Waals surface area contributed by atoms with Gasteiger partial charge in [-0.3, -0.25) is 10.1 Å². The van der Waals surface area contributed by atoms with E-state index >= 15 is 0 Å². The molecule has 0 unspecified atom stereocenters. The summed E-state index contributed by atoms with van der Waals surface area (Å²) in [6, 6.07) is 14.1. The minimum absolute atomic E-state index is 0.0553. The first kappa shape index (κ1) is 17.2. The van der Waals surface area contributed by atoms with Crippen molar-refractivity contribution in [2.45, 2.75) is 6.42 Å². The summed E-state index contributed by atoms with van der Waals surface area (Å²) in [7, 11) is 0. The van der Waals surface area contributed by atoms with Crippen LogP contribution in [0.15, 0.2) is 54.7 Å². The van der Waals surface area contributed by atoms with Crippen molar-refractivity contribution in [3.8, 4) is 22.4 Å². The summed E-state index contributed by atoms with van der Waals surface area (Å²) < 4.78 is 0. The number of aromatic amines is 1. The van der Waals surface area contributed by atoms with Crippen molar-refractivity contribution < 1.29 is 14.8 Å². The van der Waals surface area contributed by atoms with Gasteiger partial charge in [0, 0.05) is 25.1 Å². The summed E-state index contributed by atoms with van der Waals surface area (Å²) in [6.45, 7) is 0.286. The summed E-state index contributed by atoms with van der Waals surface area (Å²) in [4.78, 5) is 28.3. The average molecular weight is 352 g/mol. The third kappa shape index (κ3) is 4.04. The molecule has 1 amide bonds. The number of hydrogen-bond donors (Lipinski definition) is 3. The molecule has 0 spiro atoms. The highest BCUT2D eigenvalue weighted by Crippen LogP contribution is 2.26. The molecular formula is C18H16N4O4. The molecule has 3 N–H and O–H groups in total. The molecule has 0 aliphatic rings. The van der Waals surface area contributed by atoms with Gasteiger partial charge in [-0.25, -0.2) is 9.78 Å². The van der Waals surface area contributed by atoms with Crippen LogP contribution >= 0.6 is 0 Å². The Morgan fingerprint density at radius 2 is 1.88 bits per heavy atom. The largest absolute Gasteiger partial charge is 0.465 e. The lowest BCUT2D eigenvalue weighted by Gasteiger charge is -2.04. The minimum Gasteiger partial charge on any atom is -0.465 e. The van der Waals surface area contributed by atoms with Crippen molar-refractivity contribution in [3.63, 3.8) is 0 Å². The van der Waals surface area contributed by atoms with Gasteiger partial charge in [0.25, 0.3) is 5.69 Å². The van der Waals surface area contributed by atoms with Gasteiger partial charge >= 0.3 is 6.09 Å². The number of rotatable bonds is 6. The van der Waals surface area contributed by atoms with Gasteiger partial charge in [0.1, 0.15) is 5.82 Å². The number of nitro benzene ring substituents is 1. The van der Waals surface area contributed by atoms with E-state index in [1.54, 1.807) is 18.3 Å². The van der Waals surface area contributed by atoms with Crippen LogP contribution in [0.1, 0.15) is 5.82 Å². The molecule has 0 radical (unpaired) electrons. The highest BCUT2D eigenvalue weighted by atomic mass is 16.6. The molecule has 8 heteroatoms. The maximum atomic E-state index is 10.9. The van der Waals surface area contributed by atoms with Gasteiger partial charge in [-0.05, 0) is 16.7 Å². The first-order valence-electron chi connectivity index (χ1n) is 7.89. The molecule has 0 saturated carbocycles. The summed E-state index contributed by atoms with van der Waals surface area (Å²) in [6.07, 6.45) is 1.10. The number of imidazole rings is 1. The van der Waals surface area contributed by atoms with E-state index in [2.05, 4.69) is 15.3 Å². The molecule has 26 heavy (non-hydrogen) atoms. The number of carboxylic acid groups (broad SMARTS) is 1. The van der Waals surface area contributed by atoms with Crippen LogP contribution in [0.4, 0.5) is 10.5 Å². The Morgan fingerprint density at radius 1 is 1.15 bits per heavy atom. The Balaban J connectivity index is 1.74. The molecule has 0 saturated heterocycles. The zero-order chi connectivity index (χ0) is 18.5. The van der Waals surface area contributed by atoms with Crippen molar-refractivity contribution in [2.75, 3.05) is 6.54 Å². The van der Waals surface area contributed by atoms with Crippen LogP contribution in [-0.4, -0.2) is 32.6 Å². The second kappa shape index (κ2) is 7.47. The fraction of sp³-hybridized carbons (Fsp3) is 0.111. The van der Waals surface area contributed by atoms with E-state index in [-0.39, 0.29) is 12.2 Å². The topological polar surface area (TPSA) is 121 Å². The van der Waals surface area contributed by atoms with Crippen LogP contribution in [0.3, 0.4) is 0 Å². The van der Waals surface area contributed by atoms with E-state index in [0.29, 0.717) is 12.2 Å². The maximum absolute atomic E-state index is 10.9.